The number of nitrogens with one attached hydrogen (secondary N) is 3. The van der Waals surface area contributed by atoms with Gasteiger partial charge in [-0.25, -0.2) is 9.36 Å². The maximum atomic E-state index is 13.3. The molecule has 1 fully saturated rings. The Bertz CT molecular complexity index is 2620. The Morgan fingerprint density at radius 1 is 0.684 bits per heavy atom. The summed E-state index contributed by atoms with van der Waals surface area (Å²) >= 11 is 0. The minimum Gasteiger partial charge on any atom is -0.479 e. The van der Waals surface area contributed by atoms with Crippen molar-refractivity contribution in [2.45, 2.75) is 109 Å². The van der Waals surface area contributed by atoms with E-state index in [1.54, 1.807) is 12.1 Å². The molecule has 0 aliphatic carbocycles. The standard InChI is InChI=1S/C54H67N7O14.CH3/c1-37(62)22-27-71-29-31-73-32-30-72-28-23-46(63)55-24-21-48(65)57-43-33-38(19-20-45(43)74-54-51(68)49(66)50(67)52(75-54)53(69)70)34-60-25-12-15-40(35-60)44-36-61(59-58-44)26-11-4-2-3-8-18-47(64)56-42-17-10-9-16-41(42)39-13-6-5-7-14-39;/h5-7,9-10,12-17,19-20,25,33,35-36,49-52,54,66-68H,2-4,8,11,18,21-24,26-32,34H2,1H3,(H3-,55,56,57,63,64,65,69,70);1H3/q;-1/p+1/t49-,50-,51+,52-,54+;/m0./s1. The van der Waals surface area contributed by atoms with Crippen LogP contribution in [0.15, 0.2) is 104 Å². The van der Waals surface area contributed by atoms with Gasteiger partial charge < -0.3 is 67.5 Å². The molecule has 0 bridgehead atoms. The molecule has 0 spiro atoms. The summed E-state index contributed by atoms with van der Waals surface area (Å²) in [5.41, 5.74) is 5.14. The number of para-hydroxylation sites is 1. The molecule has 76 heavy (non-hydrogen) atoms. The predicted molar refractivity (Wildman–Crippen MR) is 279 cm³/mol. The molecule has 6 rings (SSSR count). The zero-order valence-electron chi connectivity index (χ0n) is 43.1. The number of Topliss-reactive ketones (excluding diaryl/α,β-unsaturated/α-hetero) is 1. The summed E-state index contributed by atoms with van der Waals surface area (Å²) in [6.45, 7) is 4.22. The fraction of sp³-hybridized carbons (Fsp3) is 0.436. The Hall–Kier alpha value is -6.98. The van der Waals surface area contributed by atoms with Gasteiger partial charge in [0.05, 0.1) is 57.1 Å². The molecular weight excluding hydrogens is 983 g/mol. The van der Waals surface area contributed by atoms with Crippen molar-refractivity contribution < 1.29 is 72.7 Å². The molecule has 1 saturated heterocycles. The summed E-state index contributed by atoms with van der Waals surface area (Å²) in [4.78, 5) is 61.2. The number of unbranched alkanes of at least 4 members (excludes halogenated alkanes) is 4. The van der Waals surface area contributed by atoms with Crippen LogP contribution < -0.4 is 25.3 Å². The van der Waals surface area contributed by atoms with E-state index in [-0.39, 0.29) is 69.1 Å². The molecule has 1 aliphatic heterocycles. The second-order valence-electron chi connectivity index (χ2n) is 18.0. The molecule has 0 radical (unpaired) electrons. The number of hydrogen-bond acceptors (Lipinski definition) is 15. The summed E-state index contributed by atoms with van der Waals surface area (Å²) in [6.07, 6.45) is 1.59. The predicted octanol–water partition coefficient (Wildman–Crippen LogP) is 4.51. The van der Waals surface area contributed by atoms with Crippen LogP contribution in [0.3, 0.4) is 0 Å². The average molecular weight is 1050 g/mol. The van der Waals surface area contributed by atoms with Gasteiger partial charge in [-0.2, -0.15) is 0 Å². The van der Waals surface area contributed by atoms with Crippen LogP contribution in [0.1, 0.15) is 70.3 Å². The number of aliphatic hydroxyl groups is 3. The van der Waals surface area contributed by atoms with Gasteiger partial charge in [0.15, 0.2) is 25.0 Å². The first-order valence-electron chi connectivity index (χ1n) is 25.2. The van der Waals surface area contributed by atoms with E-state index in [0.717, 1.165) is 54.5 Å². The third kappa shape index (κ3) is 19.6. The Morgan fingerprint density at radius 2 is 1.34 bits per heavy atom. The highest BCUT2D eigenvalue weighted by Crippen LogP contribution is 2.32. The fourth-order valence-corrected chi connectivity index (χ4v) is 7.98. The first-order valence-corrected chi connectivity index (χ1v) is 25.2. The highest BCUT2D eigenvalue weighted by Gasteiger charge is 2.48. The van der Waals surface area contributed by atoms with Crippen molar-refractivity contribution in [3.63, 3.8) is 0 Å². The van der Waals surface area contributed by atoms with E-state index in [2.05, 4.69) is 26.3 Å². The molecule has 3 aromatic carbocycles. The zero-order valence-corrected chi connectivity index (χ0v) is 43.1. The number of aliphatic carboxylic acids is 1. The van der Waals surface area contributed by atoms with Crippen LogP contribution in [0.2, 0.25) is 0 Å². The lowest BCUT2D eigenvalue weighted by molar-refractivity contribution is -0.687. The maximum Gasteiger partial charge on any atom is 0.335 e. The highest BCUT2D eigenvalue weighted by atomic mass is 16.7. The minimum absolute atomic E-state index is 0. The number of ether oxygens (including phenoxy) is 5. The minimum atomic E-state index is -1.93. The first kappa shape index (κ1) is 59.9. The maximum absolute atomic E-state index is 13.3. The number of aromatic nitrogens is 4. The number of ketones is 1. The van der Waals surface area contributed by atoms with Gasteiger partial charge >= 0.3 is 5.97 Å². The van der Waals surface area contributed by atoms with Crippen molar-refractivity contribution in [3.05, 3.63) is 117 Å². The molecule has 410 valence electrons. The van der Waals surface area contributed by atoms with E-state index in [0.29, 0.717) is 63.6 Å². The molecule has 3 amide bonds. The Labute approximate surface area is 442 Å². The third-order valence-electron chi connectivity index (χ3n) is 12.0. The third-order valence-corrected chi connectivity index (χ3v) is 12.0. The molecule has 5 aromatic rings. The Morgan fingerprint density at radius 3 is 2.09 bits per heavy atom. The van der Waals surface area contributed by atoms with E-state index in [1.807, 2.05) is 94.6 Å². The lowest BCUT2D eigenvalue weighted by Gasteiger charge is -2.38. The number of nitrogens with zero attached hydrogens (tertiary/aromatic N) is 4. The molecule has 1 aliphatic rings. The molecular formula is C55H71N7O14. The number of carbonyl (C=O) groups is 5. The van der Waals surface area contributed by atoms with E-state index in [9.17, 15) is 44.4 Å². The van der Waals surface area contributed by atoms with E-state index >= 15 is 0 Å². The van der Waals surface area contributed by atoms with Crippen LogP contribution in [0.5, 0.6) is 5.75 Å². The normalized spacial score (nSPS) is 17.0. The molecule has 21 nitrogen and oxygen atoms in total. The number of hydrogen-bond donors (Lipinski definition) is 7. The summed E-state index contributed by atoms with van der Waals surface area (Å²) < 4.78 is 31.1. The summed E-state index contributed by atoms with van der Waals surface area (Å²) in [6, 6.07) is 26.4. The number of carboxylic acid groups (broad SMARTS) is 1. The van der Waals surface area contributed by atoms with Crippen molar-refractivity contribution in [3.8, 4) is 28.1 Å². The van der Waals surface area contributed by atoms with Gasteiger partial charge in [0, 0.05) is 61.7 Å². The van der Waals surface area contributed by atoms with Gasteiger partial charge in [0.1, 0.15) is 35.5 Å². The van der Waals surface area contributed by atoms with Crippen LogP contribution in [-0.4, -0.2) is 142 Å². The summed E-state index contributed by atoms with van der Waals surface area (Å²) in [7, 11) is 0. The Kier molecular flexibility index (Phi) is 25.1. The molecule has 0 saturated carbocycles. The number of aliphatic hydroxyl groups excluding tert-OH is 3. The van der Waals surface area contributed by atoms with Crippen molar-refractivity contribution in [1.29, 1.82) is 0 Å². The van der Waals surface area contributed by atoms with Crippen molar-refractivity contribution in [2.75, 3.05) is 56.8 Å². The number of carboxylic acids is 1. The van der Waals surface area contributed by atoms with Crippen LogP contribution in [0, 0.1) is 7.43 Å². The smallest absolute Gasteiger partial charge is 0.335 e. The molecule has 2 aromatic heterocycles. The number of pyridine rings is 1. The van der Waals surface area contributed by atoms with Crippen LogP contribution in [0.25, 0.3) is 22.4 Å². The summed E-state index contributed by atoms with van der Waals surface area (Å²) in [5, 5.41) is 58.1. The summed E-state index contributed by atoms with van der Waals surface area (Å²) in [5.74, 6) is -2.41. The second kappa shape index (κ2) is 31.8. The number of benzene rings is 3. The average Bonchev–Trinajstić information content (AvgIpc) is 3.88. The number of aryl methyl sites for hydroxylation is 1. The highest BCUT2D eigenvalue weighted by molar-refractivity contribution is 5.95. The van der Waals surface area contributed by atoms with E-state index < -0.39 is 42.6 Å². The van der Waals surface area contributed by atoms with E-state index in [4.69, 9.17) is 23.7 Å². The van der Waals surface area contributed by atoms with Gasteiger partial charge in [-0.1, -0.05) is 73.0 Å². The number of rotatable bonds is 32. The van der Waals surface area contributed by atoms with Gasteiger partial charge in [0.2, 0.25) is 24.0 Å². The lowest BCUT2D eigenvalue weighted by Crippen LogP contribution is -2.61. The fourth-order valence-electron chi connectivity index (χ4n) is 7.98. The topological polar surface area (TPSA) is 283 Å². The van der Waals surface area contributed by atoms with Gasteiger partial charge in [0.25, 0.3) is 0 Å². The van der Waals surface area contributed by atoms with Gasteiger partial charge in [-0.05, 0) is 55.7 Å². The number of amides is 3. The molecule has 5 atom stereocenters. The van der Waals surface area contributed by atoms with Crippen LogP contribution in [0.4, 0.5) is 11.4 Å². The largest absolute Gasteiger partial charge is 0.479 e. The van der Waals surface area contributed by atoms with Gasteiger partial charge in [-0.3, -0.25) is 23.9 Å². The molecule has 7 N–H and O–H groups in total. The van der Waals surface area contributed by atoms with Crippen LogP contribution in [-0.2, 0) is 56.0 Å². The quantitative estimate of drug-likeness (QED) is 0.0177. The van der Waals surface area contributed by atoms with E-state index in [1.165, 1.54) is 13.0 Å². The zero-order chi connectivity index (χ0) is 53.4. The first-order chi connectivity index (χ1) is 36.3. The molecule has 3 heterocycles. The molecule has 21 heteroatoms. The molecule has 0 unspecified atom stereocenters. The Balaban J connectivity index is 0.0000107. The number of anilines is 2. The van der Waals surface area contributed by atoms with Crippen molar-refractivity contribution >= 4 is 40.8 Å². The lowest BCUT2D eigenvalue weighted by atomic mass is 9.99. The van der Waals surface area contributed by atoms with Gasteiger partial charge in [-0.15, -0.1) is 5.10 Å². The monoisotopic (exact) mass is 1050 g/mol. The van der Waals surface area contributed by atoms with Crippen molar-refractivity contribution in [1.82, 2.24) is 20.3 Å². The SMILES string of the molecule is CC(=O)CCOCCOCCOCCC(=O)NCCC(=O)Nc1cc(C[n+]2cccc(-c3cn(CCCCCCCC(=O)Nc4ccccc4-c4ccccc4)nn3)c2)ccc1O[C@@H]1O[C@H](C(=O)O)[C@@H](O)[C@H](O)[C@H]1O.[CH3-]. The van der Waals surface area contributed by atoms with Crippen LogP contribution >= 0.6 is 0 Å². The second-order valence-corrected chi connectivity index (χ2v) is 18.0. The number of carbonyl (C=O) groups excluding carboxylic acids is 4. The van der Waals surface area contributed by atoms with Crippen molar-refractivity contribution in [2.24, 2.45) is 0 Å².